The number of rotatable bonds is 8. The lowest BCUT2D eigenvalue weighted by Crippen LogP contribution is -2.30. The monoisotopic (exact) mass is 301 g/mol. The number of nitrogens with one attached hydrogen (secondary N) is 1. The predicted molar refractivity (Wildman–Crippen MR) is 81.2 cm³/mol. The Bertz CT molecular complexity index is 535. The number of sulfonamides is 1. The number of nitrogens with zero attached hydrogens (tertiary/aromatic N) is 2. The summed E-state index contributed by atoms with van der Waals surface area (Å²) in [6.07, 6.45) is 4.35. The Morgan fingerprint density at radius 1 is 1.30 bits per heavy atom. The van der Waals surface area contributed by atoms with E-state index in [0.29, 0.717) is 28.7 Å². The number of unbranched alkanes of at least 4 members (excludes halogenated alkanes) is 1. The number of hydrogen-bond acceptors (Lipinski definition) is 3. The SMILES string of the molecule is CCCCC(CC)CNS(=O)(=O)c1c(C)nn(C)c1C. The van der Waals surface area contributed by atoms with Crippen LogP contribution in [0.5, 0.6) is 0 Å². The van der Waals surface area contributed by atoms with Gasteiger partial charge in [0.15, 0.2) is 0 Å². The maximum atomic E-state index is 12.4. The molecule has 1 rings (SSSR count). The predicted octanol–water partition coefficient (Wildman–Crippen LogP) is 2.53. The van der Waals surface area contributed by atoms with E-state index in [1.165, 1.54) is 0 Å². The first-order valence-electron chi connectivity index (χ1n) is 7.33. The minimum atomic E-state index is -3.46. The van der Waals surface area contributed by atoms with Crippen molar-refractivity contribution < 1.29 is 8.42 Å². The molecule has 0 aliphatic heterocycles. The van der Waals surface area contributed by atoms with Crippen LogP contribution in [-0.4, -0.2) is 24.7 Å². The maximum Gasteiger partial charge on any atom is 0.244 e. The second-order valence-electron chi connectivity index (χ2n) is 5.39. The van der Waals surface area contributed by atoms with Gasteiger partial charge in [0, 0.05) is 13.6 Å². The number of hydrogen-bond donors (Lipinski definition) is 1. The molecule has 1 atom stereocenters. The highest BCUT2D eigenvalue weighted by atomic mass is 32.2. The van der Waals surface area contributed by atoms with Crippen molar-refractivity contribution >= 4 is 10.0 Å². The highest BCUT2D eigenvalue weighted by Gasteiger charge is 2.24. The van der Waals surface area contributed by atoms with E-state index >= 15 is 0 Å². The summed E-state index contributed by atoms with van der Waals surface area (Å²) < 4.78 is 29.2. The zero-order valence-corrected chi connectivity index (χ0v) is 14.0. The number of aromatic nitrogens is 2. The molecule has 0 fully saturated rings. The molecule has 0 spiro atoms. The second-order valence-corrected chi connectivity index (χ2v) is 7.10. The molecule has 20 heavy (non-hydrogen) atoms. The Morgan fingerprint density at radius 2 is 1.95 bits per heavy atom. The maximum absolute atomic E-state index is 12.4. The van der Waals surface area contributed by atoms with Crippen LogP contribution in [-0.2, 0) is 17.1 Å². The van der Waals surface area contributed by atoms with Gasteiger partial charge >= 0.3 is 0 Å². The average Bonchev–Trinajstić information content (AvgIpc) is 2.64. The third-order valence-electron chi connectivity index (χ3n) is 3.82. The Morgan fingerprint density at radius 3 is 2.40 bits per heavy atom. The van der Waals surface area contributed by atoms with Crippen molar-refractivity contribution in [2.45, 2.75) is 58.3 Å². The molecular formula is C14H27N3O2S. The zero-order chi connectivity index (χ0) is 15.3. The van der Waals surface area contributed by atoms with E-state index in [9.17, 15) is 8.42 Å². The minimum Gasteiger partial charge on any atom is -0.271 e. The molecule has 0 aliphatic carbocycles. The minimum absolute atomic E-state index is 0.324. The van der Waals surface area contributed by atoms with Crippen LogP contribution in [0.4, 0.5) is 0 Å². The lowest BCUT2D eigenvalue weighted by Gasteiger charge is -2.15. The zero-order valence-electron chi connectivity index (χ0n) is 13.2. The molecule has 0 amide bonds. The van der Waals surface area contributed by atoms with Crippen LogP contribution in [0.15, 0.2) is 4.90 Å². The van der Waals surface area contributed by atoms with Crippen LogP contribution in [0.1, 0.15) is 50.9 Å². The van der Waals surface area contributed by atoms with Gasteiger partial charge in [0.1, 0.15) is 4.90 Å². The van der Waals surface area contributed by atoms with Gasteiger partial charge in [-0.15, -0.1) is 0 Å². The van der Waals surface area contributed by atoms with Gasteiger partial charge in [0.05, 0.1) is 11.4 Å². The van der Waals surface area contributed by atoms with E-state index in [4.69, 9.17) is 0 Å². The second kappa shape index (κ2) is 7.22. The van der Waals surface area contributed by atoms with Gasteiger partial charge < -0.3 is 0 Å². The van der Waals surface area contributed by atoms with Crippen LogP contribution in [0.25, 0.3) is 0 Å². The van der Waals surface area contributed by atoms with Crippen molar-refractivity contribution in [1.29, 1.82) is 0 Å². The van der Waals surface area contributed by atoms with E-state index in [2.05, 4.69) is 23.7 Å². The van der Waals surface area contributed by atoms with Crippen molar-refractivity contribution in [2.75, 3.05) is 6.54 Å². The average molecular weight is 301 g/mol. The third-order valence-corrected chi connectivity index (χ3v) is 5.49. The molecule has 1 heterocycles. The molecule has 0 saturated heterocycles. The first kappa shape index (κ1) is 17.2. The molecule has 1 unspecified atom stereocenters. The van der Waals surface area contributed by atoms with Crippen LogP contribution >= 0.6 is 0 Å². The first-order chi connectivity index (χ1) is 9.33. The largest absolute Gasteiger partial charge is 0.271 e. The van der Waals surface area contributed by atoms with E-state index in [1.54, 1.807) is 25.6 Å². The van der Waals surface area contributed by atoms with Crippen molar-refractivity contribution in [3.63, 3.8) is 0 Å². The van der Waals surface area contributed by atoms with Crippen molar-refractivity contribution in [3.05, 3.63) is 11.4 Å². The summed E-state index contributed by atoms with van der Waals surface area (Å²) in [5, 5.41) is 4.17. The number of aryl methyl sites for hydroxylation is 2. The van der Waals surface area contributed by atoms with Crippen LogP contribution < -0.4 is 4.72 Å². The summed E-state index contributed by atoms with van der Waals surface area (Å²) in [6, 6.07) is 0. The molecule has 116 valence electrons. The first-order valence-corrected chi connectivity index (χ1v) is 8.81. The molecule has 5 nitrogen and oxygen atoms in total. The van der Waals surface area contributed by atoms with Gasteiger partial charge in [0.2, 0.25) is 10.0 Å². The Hall–Kier alpha value is -0.880. The molecule has 0 aromatic carbocycles. The van der Waals surface area contributed by atoms with Crippen LogP contribution in [0.3, 0.4) is 0 Å². The summed E-state index contributed by atoms with van der Waals surface area (Å²) in [5.41, 5.74) is 1.23. The Kier molecular flexibility index (Phi) is 6.20. The summed E-state index contributed by atoms with van der Waals surface area (Å²) in [4.78, 5) is 0.324. The highest BCUT2D eigenvalue weighted by Crippen LogP contribution is 2.19. The smallest absolute Gasteiger partial charge is 0.244 e. The molecule has 6 heteroatoms. The molecular weight excluding hydrogens is 274 g/mol. The van der Waals surface area contributed by atoms with Gasteiger partial charge in [-0.3, -0.25) is 4.68 Å². The molecule has 0 radical (unpaired) electrons. The van der Waals surface area contributed by atoms with Gasteiger partial charge in [-0.25, -0.2) is 13.1 Å². The van der Waals surface area contributed by atoms with Gasteiger partial charge in [-0.1, -0.05) is 33.1 Å². The summed E-state index contributed by atoms with van der Waals surface area (Å²) in [7, 11) is -1.70. The Labute approximate surface area is 122 Å². The van der Waals surface area contributed by atoms with Crippen LogP contribution in [0.2, 0.25) is 0 Å². The topological polar surface area (TPSA) is 64.0 Å². The fourth-order valence-corrected chi connectivity index (χ4v) is 3.94. The highest BCUT2D eigenvalue weighted by molar-refractivity contribution is 7.89. The third kappa shape index (κ3) is 4.06. The quantitative estimate of drug-likeness (QED) is 0.802. The summed E-state index contributed by atoms with van der Waals surface area (Å²) >= 11 is 0. The molecule has 0 aliphatic rings. The van der Waals surface area contributed by atoms with Gasteiger partial charge in [-0.05, 0) is 26.2 Å². The molecule has 0 saturated carbocycles. The Balaban J connectivity index is 2.80. The van der Waals surface area contributed by atoms with Crippen molar-refractivity contribution in [1.82, 2.24) is 14.5 Å². The van der Waals surface area contributed by atoms with Gasteiger partial charge in [0.25, 0.3) is 0 Å². The molecule has 0 bridgehead atoms. The lowest BCUT2D eigenvalue weighted by molar-refractivity contribution is 0.443. The van der Waals surface area contributed by atoms with E-state index in [-0.39, 0.29) is 0 Å². The van der Waals surface area contributed by atoms with Crippen LogP contribution in [0, 0.1) is 19.8 Å². The summed E-state index contributed by atoms with van der Waals surface area (Å²) in [6.45, 7) is 8.28. The lowest BCUT2D eigenvalue weighted by atomic mass is 10.00. The summed E-state index contributed by atoms with van der Waals surface area (Å²) in [5.74, 6) is 0.405. The normalized spacial score (nSPS) is 13.7. The molecule has 1 aromatic heterocycles. The van der Waals surface area contributed by atoms with E-state index in [0.717, 1.165) is 25.7 Å². The standard InChI is InChI=1S/C14H27N3O2S/c1-6-8-9-13(7-2)10-15-20(18,19)14-11(3)16-17(5)12(14)4/h13,15H,6-10H2,1-5H3. The van der Waals surface area contributed by atoms with Gasteiger partial charge in [-0.2, -0.15) is 5.10 Å². The van der Waals surface area contributed by atoms with Crippen molar-refractivity contribution in [2.24, 2.45) is 13.0 Å². The van der Waals surface area contributed by atoms with E-state index < -0.39 is 10.0 Å². The fourth-order valence-electron chi connectivity index (χ4n) is 2.39. The molecule has 1 N–H and O–H groups in total. The van der Waals surface area contributed by atoms with E-state index in [1.807, 2.05) is 0 Å². The van der Waals surface area contributed by atoms with Crippen molar-refractivity contribution in [3.8, 4) is 0 Å². The molecule has 1 aromatic rings. The fraction of sp³-hybridized carbons (Fsp3) is 0.786.